The Labute approximate surface area is 187 Å². The van der Waals surface area contributed by atoms with Crippen LogP contribution in [0, 0.1) is 0 Å². The molecule has 9 nitrogen and oxygen atoms in total. The molecule has 0 spiro atoms. The zero-order valence-corrected chi connectivity index (χ0v) is 18.6. The first kappa shape index (κ1) is 24.5. The first-order chi connectivity index (χ1) is 15.4. The maximum atomic E-state index is 12.7. The van der Waals surface area contributed by atoms with E-state index in [1.54, 1.807) is 44.2 Å². The summed E-state index contributed by atoms with van der Waals surface area (Å²) in [4.78, 5) is 36.9. The van der Waals surface area contributed by atoms with E-state index >= 15 is 0 Å². The highest BCUT2D eigenvalue weighted by molar-refractivity contribution is 6.03. The van der Waals surface area contributed by atoms with Crippen molar-refractivity contribution in [2.45, 2.75) is 33.8 Å². The summed E-state index contributed by atoms with van der Waals surface area (Å²) in [6, 6.07) is 10.8. The van der Waals surface area contributed by atoms with Crippen LogP contribution in [0.2, 0.25) is 0 Å². The molecule has 0 aliphatic carbocycles. The highest BCUT2D eigenvalue weighted by Gasteiger charge is 2.24. The average molecular weight is 444 g/mol. The van der Waals surface area contributed by atoms with Crippen molar-refractivity contribution in [3.63, 3.8) is 0 Å². The van der Waals surface area contributed by atoms with E-state index in [-0.39, 0.29) is 5.56 Å². The van der Waals surface area contributed by atoms with Crippen LogP contribution in [-0.2, 0) is 9.53 Å². The lowest BCUT2D eigenvalue weighted by Gasteiger charge is -2.18. The highest BCUT2D eigenvalue weighted by Crippen LogP contribution is 2.39. The number of imide groups is 1. The first-order valence-corrected chi connectivity index (χ1v) is 10.3. The van der Waals surface area contributed by atoms with Gasteiger partial charge in [0.05, 0.1) is 25.4 Å². The third-order valence-electron chi connectivity index (χ3n) is 4.07. The molecule has 2 rings (SSSR count). The number of carbonyl (C=O) groups excluding carboxylic acids is 3. The second kappa shape index (κ2) is 12.2. The number of rotatable bonds is 10. The smallest absolute Gasteiger partial charge is 0.339 e. The van der Waals surface area contributed by atoms with Gasteiger partial charge in [-0.15, -0.1) is 0 Å². The van der Waals surface area contributed by atoms with Gasteiger partial charge < -0.3 is 24.3 Å². The summed E-state index contributed by atoms with van der Waals surface area (Å²) in [5.41, 5.74) is 0.637. The van der Waals surface area contributed by atoms with Crippen LogP contribution in [0.4, 0.5) is 10.5 Å². The minimum absolute atomic E-state index is 0.119. The van der Waals surface area contributed by atoms with Gasteiger partial charge >= 0.3 is 12.0 Å². The standard InChI is InChI=1S/C23H28N2O7/c1-5-29-18-13-16(14-19(30-6-2)20(18)31-7-3)22(27)32-15(4)21(26)25-23(28)24-17-11-9-8-10-12-17/h8-15H,5-7H2,1-4H3,(H2,24,25,26,28). The SMILES string of the molecule is CCOc1cc(C(=O)OC(C)C(=O)NC(=O)Nc2ccccc2)cc(OCC)c1OCC. The summed E-state index contributed by atoms with van der Waals surface area (Å²) in [5, 5.41) is 4.65. The summed E-state index contributed by atoms with van der Waals surface area (Å²) in [7, 11) is 0. The van der Waals surface area contributed by atoms with Gasteiger partial charge in [-0.1, -0.05) is 18.2 Å². The third kappa shape index (κ3) is 6.90. The zero-order chi connectivity index (χ0) is 23.5. The molecular formula is C23H28N2O7. The number of para-hydroxylation sites is 1. The molecule has 0 bridgehead atoms. The van der Waals surface area contributed by atoms with E-state index in [0.717, 1.165) is 0 Å². The van der Waals surface area contributed by atoms with E-state index in [1.165, 1.54) is 19.1 Å². The Bertz CT molecular complexity index is 904. The van der Waals surface area contributed by atoms with Crippen molar-refractivity contribution in [2.24, 2.45) is 0 Å². The van der Waals surface area contributed by atoms with Crippen molar-refractivity contribution in [2.75, 3.05) is 25.1 Å². The van der Waals surface area contributed by atoms with E-state index < -0.39 is 24.0 Å². The topological polar surface area (TPSA) is 112 Å². The quantitative estimate of drug-likeness (QED) is 0.536. The van der Waals surface area contributed by atoms with Crippen LogP contribution in [0.15, 0.2) is 42.5 Å². The zero-order valence-electron chi connectivity index (χ0n) is 18.6. The van der Waals surface area contributed by atoms with Gasteiger partial charge in [0, 0.05) is 5.69 Å². The predicted molar refractivity (Wildman–Crippen MR) is 118 cm³/mol. The Morgan fingerprint density at radius 3 is 1.97 bits per heavy atom. The molecule has 1 atom stereocenters. The third-order valence-corrected chi connectivity index (χ3v) is 4.07. The van der Waals surface area contributed by atoms with E-state index in [2.05, 4.69) is 10.6 Å². The number of amides is 3. The molecule has 0 aliphatic heterocycles. The van der Waals surface area contributed by atoms with Crippen LogP contribution in [0.5, 0.6) is 17.2 Å². The molecule has 32 heavy (non-hydrogen) atoms. The van der Waals surface area contributed by atoms with Gasteiger partial charge in [0.2, 0.25) is 5.75 Å². The van der Waals surface area contributed by atoms with Crippen molar-refractivity contribution >= 4 is 23.6 Å². The molecule has 2 aromatic carbocycles. The van der Waals surface area contributed by atoms with Gasteiger partial charge in [-0.25, -0.2) is 9.59 Å². The second-order valence-corrected chi connectivity index (χ2v) is 6.46. The number of carbonyl (C=O) groups is 3. The fourth-order valence-electron chi connectivity index (χ4n) is 2.69. The minimum Gasteiger partial charge on any atom is -0.490 e. The Balaban J connectivity index is 2.09. The summed E-state index contributed by atoms with van der Waals surface area (Å²) in [5.74, 6) is -0.511. The summed E-state index contributed by atoms with van der Waals surface area (Å²) >= 11 is 0. The van der Waals surface area contributed by atoms with Gasteiger partial charge in [-0.2, -0.15) is 0 Å². The lowest BCUT2D eigenvalue weighted by atomic mass is 10.1. The van der Waals surface area contributed by atoms with Crippen molar-refractivity contribution in [1.82, 2.24) is 5.32 Å². The lowest BCUT2D eigenvalue weighted by Crippen LogP contribution is -2.41. The molecule has 2 N–H and O–H groups in total. The van der Waals surface area contributed by atoms with E-state index in [9.17, 15) is 14.4 Å². The molecular weight excluding hydrogens is 416 g/mol. The number of anilines is 1. The van der Waals surface area contributed by atoms with Gasteiger partial charge in [-0.3, -0.25) is 10.1 Å². The number of esters is 1. The number of benzene rings is 2. The lowest BCUT2D eigenvalue weighted by molar-refractivity contribution is -0.127. The van der Waals surface area contributed by atoms with E-state index in [0.29, 0.717) is 42.8 Å². The van der Waals surface area contributed by atoms with Crippen LogP contribution in [-0.4, -0.2) is 43.8 Å². The van der Waals surface area contributed by atoms with Gasteiger partial charge in [-0.05, 0) is 52.0 Å². The van der Waals surface area contributed by atoms with E-state index in [4.69, 9.17) is 18.9 Å². The van der Waals surface area contributed by atoms with Crippen LogP contribution in [0.3, 0.4) is 0 Å². The van der Waals surface area contributed by atoms with Gasteiger partial charge in [0.25, 0.3) is 5.91 Å². The maximum absolute atomic E-state index is 12.7. The molecule has 0 radical (unpaired) electrons. The van der Waals surface area contributed by atoms with Gasteiger partial charge in [0.1, 0.15) is 0 Å². The second-order valence-electron chi connectivity index (χ2n) is 6.46. The number of hydrogen-bond acceptors (Lipinski definition) is 7. The molecule has 9 heteroatoms. The normalized spacial score (nSPS) is 11.1. The van der Waals surface area contributed by atoms with Crippen molar-refractivity contribution in [3.05, 3.63) is 48.0 Å². The molecule has 0 heterocycles. The van der Waals surface area contributed by atoms with Crippen molar-refractivity contribution in [1.29, 1.82) is 0 Å². The molecule has 0 aromatic heterocycles. The molecule has 0 saturated carbocycles. The Morgan fingerprint density at radius 2 is 1.44 bits per heavy atom. The van der Waals surface area contributed by atoms with Gasteiger partial charge in [0.15, 0.2) is 17.6 Å². The maximum Gasteiger partial charge on any atom is 0.339 e. The summed E-state index contributed by atoms with van der Waals surface area (Å²) in [6.45, 7) is 7.86. The number of ether oxygens (including phenoxy) is 4. The fraction of sp³-hybridized carbons (Fsp3) is 0.348. The van der Waals surface area contributed by atoms with Crippen molar-refractivity contribution < 1.29 is 33.3 Å². The first-order valence-electron chi connectivity index (χ1n) is 10.3. The number of urea groups is 1. The molecule has 0 aliphatic rings. The fourth-order valence-corrected chi connectivity index (χ4v) is 2.69. The average Bonchev–Trinajstić information content (AvgIpc) is 2.76. The van der Waals surface area contributed by atoms with Crippen molar-refractivity contribution in [3.8, 4) is 17.2 Å². The highest BCUT2D eigenvalue weighted by atomic mass is 16.6. The molecule has 0 saturated heterocycles. The number of nitrogens with one attached hydrogen (secondary N) is 2. The summed E-state index contributed by atoms with van der Waals surface area (Å²) < 4.78 is 22.0. The largest absolute Gasteiger partial charge is 0.490 e. The Morgan fingerprint density at radius 1 is 0.875 bits per heavy atom. The van der Waals surface area contributed by atoms with Crippen LogP contribution in [0.25, 0.3) is 0 Å². The molecule has 172 valence electrons. The predicted octanol–water partition coefficient (Wildman–Crippen LogP) is 3.78. The summed E-state index contributed by atoms with van der Waals surface area (Å²) in [6.07, 6.45) is -1.22. The molecule has 2 aromatic rings. The minimum atomic E-state index is -1.22. The van der Waals surface area contributed by atoms with Crippen LogP contribution >= 0.6 is 0 Å². The Kier molecular flexibility index (Phi) is 9.34. The number of hydrogen-bond donors (Lipinski definition) is 2. The van der Waals surface area contributed by atoms with Crippen LogP contribution < -0.4 is 24.8 Å². The molecule has 3 amide bonds. The Hall–Kier alpha value is -3.75. The molecule has 0 fully saturated rings. The van der Waals surface area contributed by atoms with Crippen LogP contribution in [0.1, 0.15) is 38.1 Å². The molecule has 1 unspecified atom stereocenters. The van der Waals surface area contributed by atoms with E-state index in [1.807, 2.05) is 6.92 Å². The monoisotopic (exact) mass is 444 g/mol.